The molecule has 6 nitrogen and oxygen atoms in total. The molecule has 0 spiro atoms. The summed E-state index contributed by atoms with van der Waals surface area (Å²) in [6.07, 6.45) is 0.554. The van der Waals surface area contributed by atoms with E-state index in [1.54, 1.807) is 0 Å². The molecule has 0 atom stereocenters. The van der Waals surface area contributed by atoms with E-state index in [1.807, 2.05) is 30.3 Å². The van der Waals surface area contributed by atoms with E-state index in [1.165, 1.54) is 42.5 Å². The monoisotopic (exact) mass is 484 g/mol. The van der Waals surface area contributed by atoms with Gasteiger partial charge in [0.2, 0.25) is 10.0 Å². The van der Waals surface area contributed by atoms with E-state index in [0.717, 1.165) is 5.56 Å². The van der Waals surface area contributed by atoms with Crippen LogP contribution in [0.15, 0.2) is 82.6 Å². The molecule has 0 heterocycles. The Morgan fingerprint density at radius 2 is 1.43 bits per heavy atom. The van der Waals surface area contributed by atoms with Crippen LogP contribution in [0, 0.1) is 0 Å². The topological polar surface area (TPSA) is 92.3 Å². The Balaban J connectivity index is 1.68. The van der Waals surface area contributed by atoms with Gasteiger partial charge in [0.1, 0.15) is 4.90 Å². The zero-order chi connectivity index (χ0) is 21.8. The van der Waals surface area contributed by atoms with Gasteiger partial charge in [-0.2, -0.15) is 0 Å². The quantitative estimate of drug-likeness (QED) is 0.497. The zero-order valence-electron chi connectivity index (χ0n) is 15.5. The van der Waals surface area contributed by atoms with E-state index < -0.39 is 20.0 Å². The fourth-order valence-electron chi connectivity index (χ4n) is 2.65. The predicted octanol–water partition coefficient (Wildman–Crippen LogP) is 4.32. The maximum Gasteiger partial charge on any atom is 0.263 e. The van der Waals surface area contributed by atoms with Crippen molar-refractivity contribution in [1.82, 2.24) is 4.72 Å². The number of benzene rings is 3. The first kappa shape index (κ1) is 22.6. The van der Waals surface area contributed by atoms with E-state index in [0.29, 0.717) is 6.42 Å². The standard InChI is InChI=1S/C20H18Cl2N2O4S2/c21-16-6-11-19(22)20(14-16)30(27,28)24-17-7-9-18(10-8-17)29(25,26)23-13-12-15-4-2-1-3-5-15/h1-11,14,23-24H,12-13H2. The van der Waals surface area contributed by atoms with Crippen molar-refractivity contribution in [3.05, 3.63) is 88.4 Å². The Kier molecular flexibility index (Phi) is 7.05. The molecule has 3 aromatic rings. The number of rotatable bonds is 8. The first-order chi connectivity index (χ1) is 14.2. The molecule has 0 aliphatic carbocycles. The van der Waals surface area contributed by atoms with Crippen LogP contribution in [0.25, 0.3) is 0 Å². The molecule has 0 aliphatic rings. The van der Waals surface area contributed by atoms with Crippen molar-refractivity contribution in [2.75, 3.05) is 11.3 Å². The summed E-state index contributed by atoms with van der Waals surface area (Å²) < 4.78 is 54.9. The number of halogens is 2. The van der Waals surface area contributed by atoms with E-state index in [-0.39, 0.29) is 32.1 Å². The fourth-order valence-corrected chi connectivity index (χ4v) is 5.51. The summed E-state index contributed by atoms with van der Waals surface area (Å²) in [6.45, 7) is 0.244. The smallest absolute Gasteiger partial charge is 0.263 e. The SMILES string of the molecule is O=S(=O)(NCCc1ccccc1)c1ccc(NS(=O)(=O)c2cc(Cl)ccc2Cl)cc1. The van der Waals surface area contributed by atoms with Crippen LogP contribution in [0.4, 0.5) is 5.69 Å². The van der Waals surface area contributed by atoms with Crippen molar-refractivity contribution >= 4 is 48.9 Å². The van der Waals surface area contributed by atoms with E-state index >= 15 is 0 Å². The fraction of sp³-hybridized carbons (Fsp3) is 0.100. The number of nitrogens with one attached hydrogen (secondary N) is 2. The van der Waals surface area contributed by atoms with Crippen molar-refractivity contribution in [1.29, 1.82) is 0 Å². The molecule has 0 aromatic heterocycles. The van der Waals surface area contributed by atoms with Crippen LogP contribution in [0.5, 0.6) is 0 Å². The minimum absolute atomic E-state index is 0.0220. The Morgan fingerprint density at radius 1 is 0.767 bits per heavy atom. The van der Waals surface area contributed by atoms with Gasteiger partial charge in [0.15, 0.2) is 0 Å². The third-order valence-corrected chi connectivity index (χ3v) is 7.72. The van der Waals surface area contributed by atoms with E-state index in [2.05, 4.69) is 9.44 Å². The second kappa shape index (κ2) is 9.36. The molecule has 0 aliphatic heterocycles. The molecular weight excluding hydrogens is 467 g/mol. The lowest BCUT2D eigenvalue weighted by Crippen LogP contribution is -2.26. The maximum absolute atomic E-state index is 12.5. The van der Waals surface area contributed by atoms with Crippen molar-refractivity contribution in [2.45, 2.75) is 16.2 Å². The second-order valence-electron chi connectivity index (χ2n) is 6.34. The van der Waals surface area contributed by atoms with Crippen LogP contribution in [-0.2, 0) is 26.5 Å². The first-order valence-corrected chi connectivity index (χ1v) is 12.5. The lowest BCUT2D eigenvalue weighted by Gasteiger charge is -2.11. The van der Waals surface area contributed by atoms with Gasteiger partial charge in [-0.15, -0.1) is 0 Å². The maximum atomic E-state index is 12.5. The second-order valence-corrected chi connectivity index (χ2v) is 10.6. The first-order valence-electron chi connectivity index (χ1n) is 8.79. The lowest BCUT2D eigenvalue weighted by molar-refractivity contribution is 0.581. The molecule has 30 heavy (non-hydrogen) atoms. The molecular formula is C20H18Cl2N2O4S2. The van der Waals surface area contributed by atoms with Crippen LogP contribution in [0.1, 0.15) is 5.56 Å². The van der Waals surface area contributed by atoms with Gasteiger partial charge in [-0.3, -0.25) is 4.72 Å². The van der Waals surface area contributed by atoms with Crippen LogP contribution in [0.2, 0.25) is 10.0 Å². The highest BCUT2D eigenvalue weighted by atomic mass is 35.5. The number of hydrogen-bond acceptors (Lipinski definition) is 4. The molecule has 0 amide bonds. The minimum Gasteiger partial charge on any atom is -0.280 e. The van der Waals surface area contributed by atoms with E-state index in [9.17, 15) is 16.8 Å². The van der Waals surface area contributed by atoms with Gasteiger partial charge in [-0.25, -0.2) is 21.6 Å². The summed E-state index contributed by atoms with van der Waals surface area (Å²) in [4.78, 5) is -0.143. The highest BCUT2D eigenvalue weighted by molar-refractivity contribution is 7.92. The average molecular weight is 485 g/mol. The highest BCUT2D eigenvalue weighted by Crippen LogP contribution is 2.27. The Labute approximate surface area is 186 Å². The predicted molar refractivity (Wildman–Crippen MR) is 119 cm³/mol. The summed E-state index contributed by atoms with van der Waals surface area (Å²) in [5, 5.41) is 0.247. The van der Waals surface area contributed by atoms with Gasteiger partial charge < -0.3 is 0 Å². The summed E-state index contributed by atoms with van der Waals surface area (Å²) in [5.74, 6) is 0. The molecule has 158 valence electrons. The van der Waals surface area contributed by atoms with Gasteiger partial charge in [-0.1, -0.05) is 53.5 Å². The zero-order valence-corrected chi connectivity index (χ0v) is 18.7. The van der Waals surface area contributed by atoms with Crippen molar-refractivity contribution in [3.63, 3.8) is 0 Å². The Hall–Kier alpha value is -2.10. The molecule has 0 fully saturated rings. The van der Waals surface area contributed by atoms with Crippen molar-refractivity contribution in [2.24, 2.45) is 0 Å². The summed E-state index contributed by atoms with van der Waals surface area (Å²) in [6, 6.07) is 19.0. The van der Waals surface area contributed by atoms with Crippen LogP contribution in [-0.4, -0.2) is 23.4 Å². The average Bonchev–Trinajstić information content (AvgIpc) is 2.70. The van der Waals surface area contributed by atoms with Gasteiger partial charge in [-0.05, 0) is 54.4 Å². The van der Waals surface area contributed by atoms with Gasteiger partial charge in [0.05, 0.1) is 9.92 Å². The molecule has 0 bridgehead atoms. The van der Waals surface area contributed by atoms with Crippen molar-refractivity contribution < 1.29 is 16.8 Å². The lowest BCUT2D eigenvalue weighted by atomic mass is 10.2. The number of sulfonamides is 2. The van der Waals surface area contributed by atoms with Crippen molar-refractivity contribution in [3.8, 4) is 0 Å². The molecule has 0 saturated heterocycles. The highest BCUT2D eigenvalue weighted by Gasteiger charge is 2.19. The summed E-state index contributed by atoms with van der Waals surface area (Å²) >= 11 is 11.8. The largest absolute Gasteiger partial charge is 0.280 e. The normalized spacial score (nSPS) is 11.9. The molecule has 0 saturated carbocycles. The molecule has 2 N–H and O–H groups in total. The third kappa shape index (κ3) is 5.74. The van der Waals surface area contributed by atoms with Crippen LogP contribution < -0.4 is 9.44 Å². The Morgan fingerprint density at radius 3 is 2.10 bits per heavy atom. The number of anilines is 1. The summed E-state index contributed by atoms with van der Waals surface area (Å²) in [7, 11) is -7.71. The van der Waals surface area contributed by atoms with Gasteiger partial charge in [0.25, 0.3) is 10.0 Å². The van der Waals surface area contributed by atoms with Gasteiger partial charge >= 0.3 is 0 Å². The molecule has 0 radical (unpaired) electrons. The van der Waals surface area contributed by atoms with E-state index in [4.69, 9.17) is 23.2 Å². The molecule has 3 aromatic carbocycles. The molecule has 3 rings (SSSR count). The third-order valence-electron chi connectivity index (χ3n) is 4.15. The molecule has 0 unspecified atom stereocenters. The Bertz CT molecular complexity index is 1230. The van der Waals surface area contributed by atoms with Gasteiger partial charge in [0, 0.05) is 17.3 Å². The van der Waals surface area contributed by atoms with Crippen LogP contribution >= 0.6 is 23.2 Å². The number of hydrogen-bond donors (Lipinski definition) is 2. The minimum atomic E-state index is -3.99. The van der Waals surface area contributed by atoms with Crippen LogP contribution in [0.3, 0.4) is 0 Å². The molecule has 10 heteroatoms. The summed E-state index contributed by atoms with van der Waals surface area (Å²) in [5.41, 5.74) is 1.21.